The van der Waals surface area contributed by atoms with E-state index in [2.05, 4.69) is 37.4 Å². The van der Waals surface area contributed by atoms with Gasteiger partial charge in [0.15, 0.2) is 0 Å². The van der Waals surface area contributed by atoms with Crippen LogP contribution in [-0.2, 0) is 4.79 Å². The normalized spacial score (nSPS) is 28.0. The first-order valence-corrected chi connectivity index (χ1v) is 6.13. The summed E-state index contributed by atoms with van der Waals surface area (Å²) in [4.78, 5) is 11.7. The van der Waals surface area contributed by atoms with Gasteiger partial charge in [-0.15, -0.1) is 0 Å². The molecule has 1 fully saturated rings. The van der Waals surface area contributed by atoms with Crippen molar-refractivity contribution in [2.24, 2.45) is 5.73 Å². The molecule has 0 spiro atoms. The number of benzene rings is 1. The second kappa shape index (κ2) is 4.53. The van der Waals surface area contributed by atoms with Crippen LogP contribution in [0.3, 0.4) is 0 Å². The van der Waals surface area contributed by atoms with Crippen molar-refractivity contribution in [1.29, 1.82) is 0 Å². The Morgan fingerprint density at radius 2 is 2.12 bits per heavy atom. The summed E-state index contributed by atoms with van der Waals surface area (Å²) in [5, 5.41) is 2.66. The molecule has 1 aliphatic carbocycles. The molecular weight excluding hydrogens is 211 g/mol. The molecule has 2 rings (SSSR count). The minimum atomic E-state index is -0.676. The highest BCUT2D eigenvalue weighted by Gasteiger charge is 2.41. The van der Waals surface area contributed by atoms with Gasteiger partial charge in [-0.25, -0.2) is 0 Å². The van der Waals surface area contributed by atoms with Crippen LogP contribution in [0.4, 0.5) is 0 Å². The summed E-state index contributed by atoms with van der Waals surface area (Å²) in [6.07, 6.45) is 2.51. The molecule has 0 aliphatic heterocycles. The van der Waals surface area contributed by atoms with Gasteiger partial charge in [0.1, 0.15) is 7.85 Å². The predicted octanol–water partition coefficient (Wildman–Crippen LogP) is -0.344. The van der Waals surface area contributed by atoms with Crippen LogP contribution in [0.1, 0.15) is 30.7 Å². The molecule has 0 radical (unpaired) electrons. The fraction of sp³-hybridized carbons (Fsp3) is 0.462. The predicted molar refractivity (Wildman–Crippen MR) is 72.2 cm³/mol. The Bertz CT molecular complexity index is 418. The lowest BCUT2D eigenvalue weighted by Gasteiger charge is -2.22. The minimum absolute atomic E-state index is 0.0351. The fourth-order valence-electron chi connectivity index (χ4n) is 2.65. The molecule has 3 nitrogen and oxygen atoms in total. The summed E-state index contributed by atoms with van der Waals surface area (Å²) in [5.74, 6) is 0.380. The van der Waals surface area contributed by atoms with Crippen LogP contribution in [0.15, 0.2) is 24.3 Å². The van der Waals surface area contributed by atoms with Crippen molar-refractivity contribution in [3.05, 3.63) is 29.8 Å². The van der Waals surface area contributed by atoms with Crippen molar-refractivity contribution in [2.75, 3.05) is 7.05 Å². The van der Waals surface area contributed by atoms with E-state index in [1.165, 1.54) is 11.0 Å². The van der Waals surface area contributed by atoms with Gasteiger partial charge in [0.25, 0.3) is 0 Å². The van der Waals surface area contributed by atoms with Gasteiger partial charge in [-0.05, 0) is 30.7 Å². The fourth-order valence-corrected chi connectivity index (χ4v) is 2.65. The monoisotopic (exact) mass is 230 g/mol. The summed E-state index contributed by atoms with van der Waals surface area (Å²) in [6, 6.07) is 8.53. The summed E-state index contributed by atoms with van der Waals surface area (Å²) in [6.45, 7) is 0. The molecule has 1 aliphatic rings. The molecule has 1 aromatic rings. The van der Waals surface area contributed by atoms with E-state index < -0.39 is 5.54 Å². The van der Waals surface area contributed by atoms with E-state index in [9.17, 15) is 4.79 Å². The third-order valence-corrected chi connectivity index (χ3v) is 3.78. The SMILES string of the molecule is Bc1ccc([C@H]2CC[C@@](N)(C(=O)NC)C2)cc1. The van der Waals surface area contributed by atoms with Crippen LogP contribution in [-0.4, -0.2) is 26.3 Å². The highest BCUT2D eigenvalue weighted by Crippen LogP contribution is 2.39. The molecule has 0 saturated heterocycles. The molecule has 0 aromatic heterocycles. The number of rotatable bonds is 2. The second-order valence-electron chi connectivity index (χ2n) is 5.09. The standard InChI is InChI=1S/C13H19BN2O/c1-16-12(17)13(15)7-6-10(8-13)9-2-4-11(14)5-3-9/h2-5,10H,6-8,14-15H2,1H3,(H,16,17)/t10-,13-/m0/s1. The number of carbonyl (C=O) groups is 1. The lowest BCUT2D eigenvalue weighted by molar-refractivity contribution is -0.125. The third kappa shape index (κ3) is 2.37. The molecule has 0 bridgehead atoms. The second-order valence-corrected chi connectivity index (χ2v) is 5.09. The van der Waals surface area contributed by atoms with E-state index >= 15 is 0 Å². The zero-order chi connectivity index (χ0) is 12.5. The highest BCUT2D eigenvalue weighted by molar-refractivity contribution is 6.32. The Hall–Kier alpha value is -1.29. The topological polar surface area (TPSA) is 55.1 Å². The molecule has 3 N–H and O–H groups in total. The van der Waals surface area contributed by atoms with E-state index in [4.69, 9.17) is 5.73 Å². The smallest absolute Gasteiger partial charge is 0.239 e. The van der Waals surface area contributed by atoms with Crippen molar-refractivity contribution in [3.8, 4) is 0 Å². The van der Waals surface area contributed by atoms with Gasteiger partial charge in [0.2, 0.25) is 5.91 Å². The third-order valence-electron chi connectivity index (χ3n) is 3.78. The quantitative estimate of drug-likeness (QED) is 0.683. The number of likely N-dealkylation sites (N-methyl/N-ethyl adjacent to an activating group) is 1. The number of hydrogen-bond acceptors (Lipinski definition) is 2. The largest absolute Gasteiger partial charge is 0.358 e. The van der Waals surface area contributed by atoms with Crippen molar-refractivity contribution < 1.29 is 4.79 Å². The number of amides is 1. The lowest BCUT2D eigenvalue weighted by atomic mass is 9.89. The van der Waals surface area contributed by atoms with E-state index in [-0.39, 0.29) is 5.91 Å². The molecule has 1 aromatic carbocycles. The number of nitrogens with one attached hydrogen (secondary N) is 1. The molecule has 2 atom stereocenters. The highest BCUT2D eigenvalue weighted by atomic mass is 16.2. The van der Waals surface area contributed by atoms with Crippen LogP contribution in [0, 0.1) is 0 Å². The first-order chi connectivity index (χ1) is 8.05. The summed E-state index contributed by atoms with van der Waals surface area (Å²) < 4.78 is 0. The van der Waals surface area contributed by atoms with E-state index in [1.54, 1.807) is 7.05 Å². The maximum atomic E-state index is 11.7. The molecule has 90 valence electrons. The summed E-state index contributed by atoms with van der Waals surface area (Å²) >= 11 is 0. The van der Waals surface area contributed by atoms with Crippen LogP contribution in [0.25, 0.3) is 0 Å². The van der Waals surface area contributed by atoms with E-state index in [0.29, 0.717) is 5.92 Å². The van der Waals surface area contributed by atoms with Crippen molar-refractivity contribution >= 4 is 19.2 Å². The number of hydrogen-bond donors (Lipinski definition) is 2. The first-order valence-electron chi connectivity index (χ1n) is 6.13. The molecule has 17 heavy (non-hydrogen) atoms. The lowest BCUT2D eigenvalue weighted by Crippen LogP contribution is -2.51. The van der Waals surface area contributed by atoms with Crippen LogP contribution in [0.5, 0.6) is 0 Å². The van der Waals surface area contributed by atoms with Gasteiger partial charge in [-0.1, -0.05) is 29.7 Å². The molecule has 1 amide bonds. The van der Waals surface area contributed by atoms with Crippen molar-refractivity contribution in [1.82, 2.24) is 5.32 Å². The Kier molecular flexibility index (Phi) is 3.25. The average Bonchev–Trinajstić information content (AvgIpc) is 2.73. The van der Waals surface area contributed by atoms with Gasteiger partial charge >= 0.3 is 0 Å². The molecule has 0 unspecified atom stereocenters. The zero-order valence-corrected chi connectivity index (χ0v) is 10.5. The summed E-state index contributed by atoms with van der Waals surface area (Å²) in [5.41, 5.74) is 8.04. The van der Waals surface area contributed by atoms with Crippen LogP contribution < -0.4 is 16.5 Å². The molecular formula is C13H19BN2O. The maximum Gasteiger partial charge on any atom is 0.239 e. The van der Waals surface area contributed by atoms with Crippen molar-refractivity contribution in [3.63, 3.8) is 0 Å². The van der Waals surface area contributed by atoms with Crippen LogP contribution in [0.2, 0.25) is 0 Å². The van der Waals surface area contributed by atoms with Crippen molar-refractivity contribution in [2.45, 2.75) is 30.7 Å². The van der Waals surface area contributed by atoms with Gasteiger partial charge in [-0.2, -0.15) is 0 Å². The summed E-state index contributed by atoms with van der Waals surface area (Å²) in [7, 11) is 3.73. The zero-order valence-electron chi connectivity index (χ0n) is 10.5. The number of nitrogens with two attached hydrogens (primary N) is 1. The van der Waals surface area contributed by atoms with Gasteiger partial charge < -0.3 is 11.1 Å². The van der Waals surface area contributed by atoms with Crippen LogP contribution >= 0.6 is 0 Å². The molecule has 1 saturated carbocycles. The minimum Gasteiger partial charge on any atom is -0.358 e. The maximum absolute atomic E-state index is 11.7. The van der Waals surface area contributed by atoms with E-state index in [0.717, 1.165) is 19.3 Å². The van der Waals surface area contributed by atoms with Gasteiger partial charge in [-0.3, -0.25) is 4.79 Å². The Morgan fingerprint density at radius 3 is 2.71 bits per heavy atom. The Morgan fingerprint density at radius 1 is 1.47 bits per heavy atom. The Labute approximate surface area is 103 Å². The Balaban J connectivity index is 2.12. The first kappa shape index (κ1) is 12.2. The molecule has 4 heteroatoms. The molecule has 0 heterocycles. The van der Waals surface area contributed by atoms with E-state index in [1.807, 2.05) is 0 Å². The van der Waals surface area contributed by atoms with Gasteiger partial charge in [0.05, 0.1) is 5.54 Å². The van der Waals surface area contributed by atoms with Gasteiger partial charge in [0, 0.05) is 7.05 Å². The average molecular weight is 230 g/mol. The number of carbonyl (C=O) groups excluding carboxylic acids is 1.